The van der Waals surface area contributed by atoms with Gasteiger partial charge >= 0.3 is 60.5 Å². The van der Waals surface area contributed by atoms with Gasteiger partial charge in [0.25, 0.3) is 0 Å². The van der Waals surface area contributed by atoms with Gasteiger partial charge in [-0.2, -0.15) is 0 Å². The van der Waals surface area contributed by atoms with Crippen LogP contribution in [0.1, 0.15) is 0 Å². The molecule has 1 aromatic carbocycles. The SMILES string of the molecule is O=[Te](O)c1ccccc1. The Morgan fingerprint density at radius 2 is 1.78 bits per heavy atom. The van der Waals surface area contributed by atoms with Gasteiger partial charge in [0.15, 0.2) is 0 Å². The second kappa shape index (κ2) is 3.07. The molecule has 0 unspecified atom stereocenters. The van der Waals surface area contributed by atoms with Crippen LogP contribution in [0.3, 0.4) is 0 Å². The van der Waals surface area contributed by atoms with Crippen LogP contribution in [-0.4, -0.2) is 23.4 Å². The van der Waals surface area contributed by atoms with Crippen LogP contribution in [0.4, 0.5) is 0 Å². The van der Waals surface area contributed by atoms with Gasteiger partial charge in [0.1, 0.15) is 0 Å². The van der Waals surface area contributed by atoms with Gasteiger partial charge < -0.3 is 0 Å². The van der Waals surface area contributed by atoms with E-state index in [0.29, 0.717) is 3.61 Å². The Bertz CT molecular complexity index is 208. The molecule has 9 heavy (non-hydrogen) atoms. The minimum atomic E-state index is -3.04. The van der Waals surface area contributed by atoms with Crippen molar-refractivity contribution in [2.45, 2.75) is 0 Å². The maximum absolute atomic E-state index is 10.5. The molecule has 1 N–H and O–H groups in total. The Morgan fingerprint density at radius 1 is 1.22 bits per heavy atom. The fourth-order valence-electron chi connectivity index (χ4n) is 0.537. The third-order valence-corrected chi connectivity index (χ3v) is 2.87. The van der Waals surface area contributed by atoms with Crippen LogP contribution >= 0.6 is 0 Å². The van der Waals surface area contributed by atoms with E-state index in [1.807, 2.05) is 6.07 Å². The van der Waals surface area contributed by atoms with Crippen LogP contribution in [0.2, 0.25) is 0 Å². The van der Waals surface area contributed by atoms with E-state index in [4.69, 9.17) is 3.47 Å². The Kier molecular flexibility index (Phi) is 2.35. The first-order valence-corrected chi connectivity index (χ1v) is 5.62. The molecule has 0 bridgehead atoms. The maximum atomic E-state index is 10.5. The number of hydrogen-bond donors (Lipinski definition) is 1. The van der Waals surface area contributed by atoms with Gasteiger partial charge in [-0.1, -0.05) is 0 Å². The summed E-state index contributed by atoms with van der Waals surface area (Å²) in [5.74, 6) is 0. The van der Waals surface area contributed by atoms with E-state index in [1.165, 1.54) is 0 Å². The first kappa shape index (κ1) is 6.88. The van der Waals surface area contributed by atoms with Gasteiger partial charge in [0, 0.05) is 0 Å². The molecule has 2 nitrogen and oxygen atoms in total. The topological polar surface area (TPSA) is 37.3 Å². The van der Waals surface area contributed by atoms with Crippen molar-refractivity contribution in [3.8, 4) is 0 Å². The van der Waals surface area contributed by atoms with Crippen molar-refractivity contribution in [1.29, 1.82) is 0 Å². The molecule has 48 valence electrons. The molecule has 0 amide bonds. The summed E-state index contributed by atoms with van der Waals surface area (Å²) >= 11 is -3.04. The first-order chi connectivity index (χ1) is 4.30. The van der Waals surface area contributed by atoms with Gasteiger partial charge in [-0.25, -0.2) is 0 Å². The van der Waals surface area contributed by atoms with Crippen LogP contribution < -0.4 is 3.61 Å². The van der Waals surface area contributed by atoms with Gasteiger partial charge in [-0.15, -0.1) is 0 Å². The molecule has 0 atom stereocenters. The Morgan fingerprint density at radius 3 is 2.11 bits per heavy atom. The van der Waals surface area contributed by atoms with E-state index in [9.17, 15) is 3.10 Å². The van der Waals surface area contributed by atoms with Gasteiger partial charge in [-0.3, -0.25) is 0 Å². The standard InChI is InChI=1S/C6H6O2Te/c7-9(8)6-4-2-1-3-5-6/h1-5H,(H,7,8). The molecule has 3 heteroatoms. The molecule has 0 saturated carbocycles. The van der Waals surface area contributed by atoms with E-state index >= 15 is 0 Å². The average Bonchev–Trinajstić information content (AvgIpc) is 1.90. The summed E-state index contributed by atoms with van der Waals surface area (Å²) < 4.78 is 19.7. The van der Waals surface area contributed by atoms with E-state index < -0.39 is 19.9 Å². The van der Waals surface area contributed by atoms with Gasteiger partial charge in [0.2, 0.25) is 0 Å². The molecular weight excluding hydrogens is 232 g/mol. The molecule has 0 aliphatic carbocycles. The summed E-state index contributed by atoms with van der Waals surface area (Å²) in [6.45, 7) is 0. The molecule has 0 fully saturated rings. The summed E-state index contributed by atoms with van der Waals surface area (Å²) in [7, 11) is 0. The molecule has 0 heterocycles. The summed E-state index contributed by atoms with van der Waals surface area (Å²) in [4.78, 5) is 0. The van der Waals surface area contributed by atoms with Crippen molar-refractivity contribution in [1.82, 2.24) is 0 Å². The first-order valence-electron chi connectivity index (χ1n) is 2.46. The molecule has 0 aliphatic rings. The summed E-state index contributed by atoms with van der Waals surface area (Å²) in [5, 5.41) is 0. The van der Waals surface area contributed by atoms with E-state index in [2.05, 4.69) is 0 Å². The zero-order chi connectivity index (χ0) is 6.69. The second-order valence-corrected chi connectivity index (χ2v) is 4.33. The molecule has 1 aromatic rings. The third kappa shape index (κ3) is 1.87. The van der Waals surface area contributed by atoms with Crippen LogP contribution in [0.5, 0.6) is 0 Å². The van der Waals surface area contributed by atoms with Crippen molar-refractivity contribution in [3.63, 3.8) is 0 Å². The number of benzene rings is 1. The van der Waals surface area contributed by atoms with E-state index in [-0.39, 0.29) is 0 Å². The van der Waals surface area contributed by atoms with Gasteiger partial charge in [0.05, 0.1) is 0 Å². The van der Waals surface area contributed by atoms with Crippen molar-refractivity contribution in [2.75, 3.05) is 0 Å². The molecule has 0 aromatic heterocycles. The summed E-state index contributed by atoms with van der Waals surface area (Å²) in [6.07, 6.45) is 0. The molecule has 1 rings (SSSR count). The van der Waals surface area contributed by atoms with Crippen molar-refractivity contribution in [2.24, 2.45) is 0 Å². The fraction of sp³-hybridized carbons (Fsp3) is 0. The Hall–Kier alpha value is -0.230. The van der Waals surface area contributed by atoms with Crippen LogP contribution in [-0.2, 0) is 3.10 Å². The van der Waals surface area contributed by atoms with Crippen LogP contribution in [0.15, 0.2) is 30.3 Å². The fourth-order valence-corrected chi connectivity index (χ4v) is 1.65. The molecule has 0 aliphatic heterocycles. The normalized spacial score (nSPS) is 10.0. The minimum absolute atomic E-state index is 0.584. The van der Waals surface area contributed by atoms with Crippen molar-refractivity contribution < 1.29 is 6.58 Å². The average molecular weight is 238 g/mol. The Balaban J connectivity index is 2.98. The molecule has 0 radical (unpaired) electrons. The summed E-state index contributed by atoms with van der Waals surface area (Å²) in [6, 6.07) is 8.69. The third-order valence-electron chi connectivity index (χ3n) is 0.945. The molecule has 0 spiro atoms. The molecular formula is C6H6O2Te. The number of hydrogen-bond acceptors (Lipinski definition) is 1. The zero-order valence-electron chi connectivity index (χ0n) is 4.65. The van der Waals surface area contributed by atoms with Crippen LogP contribution in [0.25, 0.3) is 0 Å². The van der Waals surface area contributed by atoms with Crippen LogP contribution in [0, 0.1) is 0 Å². The monoisotopic (exact) mass is 240 g/mol. The summed E-state index contributed by atoms with van der Waals surface area (Å²) in [5.41, 5.74) is 0. The number of rotatable bonds is 1. The predicted octanol–water partition coefficient (Wildman–Crippen LogP) is -0.195. The van der Waals surface area contributed by atoms with Crippen molar-refractivity contribution in [3.05, 3.63) is 30.3 Å². The second-order valence-electron chi connectivity index (χ2n) is 1.56. The molecule has 0 saturated heterocycles. The van der Waals surface area contributed by atoms with E-state index in [0.717, 1.165) is 0 Å². The predicted molar refractivity (Wildman–Crippen MR) is 34.7 cm³/mol. The van der Waals surface area contributed by atoms with E-state index in [1.54, 1.807) is 24.3 Å². The Labute approximate surface area is 60.7 Å². The zero-order valence-corrected chi connectivity index (χ0v) is 6.98. The van der Waals surface area contributed by atoms with Gasteiger partial charge in [-0.05, 0) is 0 Å². The quantitative estimate of drug-likeness (QED) is 0.688. The van der Waals surface area contributed by atoms with Crippen molar-refractivity contribution >= 4 is 23.6 Å².